The number of anilines is 1. The van der Waals surface area contributed by atoms with E-state index >= 15 is 0 Å². The third kappa shape index (κ3) is 3.80. The number of benzene rings is 2. The van der Waals surface area contributed by atoms with E-state index in [2.05, 4.69) is 26.2 Å². The van der Waals surface area contributed by atoms with Crippen molar-refractivity contribution >= 4 is 49.1 Å². The van der Waals surface area contributed by atoms with E-state index in [9.17, 15) is 14.0 Å². The number of hydrogen-bond donors (Lipinski definition) is 1. The molecular formula is C22H17BrFN3O2S. The minimum atomic E-state index is -0.379. The molecular weight excluding hydrogens is 469 g/mol. The van der Waals surface area contributed by atoms with Crippen molar-refractivity contribution in [2.45, 2.75) is 20.4 Å². The maximum absolute atomic E-state index is 14.0. The van der Waals surface area contributed by atoms with E-state index in [1.807, 2.05) is 25.1 Å². The van der Waals surface area contributed by atoms with E-state index in [4.69, 9.17) is 0 Å². The van der Waals surface area contributed by atoms with E-state index < -0.39 is 0 Å². The zero-order valence-corrected chi connectivity index (χ0v) is 18.6. The van der Waals surface area contributed by atoms with Gasteiger partial charge in [-0.05, 0) is 59.1 Å². The first-order valence-electron chi connectivity index (χ1n) is 9.14. The fraction of sp³-hybridized carbons (Fsp3) is 0.136. The number of hydrogen-bond acceptors (Lipinski definition) is 4. The van der Waals surface area contributed by atoms with Crippen LogP contribution < -0.4 is 10.9 Å². The number of nitrogens with zero attached hydrogens (tertiary/aromatic N) is 2. The Balaban J connectivity index is 1.70. The molecule has 30 heavy (non-hydrogen) atoms. The van der Waals surface area contributed by atoms with E-state index in [1.165, 1.54) is 28.3 Å². The van der Waals surface area contributed by atoms with Gasteiger partial charge in [-0.2, -0.15) is 0 Å². The van der Waals surface area contributed by atoms with Crippen LogP contribution in [0.25, 0.3) is 10.2 Å². The number of carbonyl (C=O) groups excluding carboxylic acids is 1. The van der Waals surface area contributed by atoms with Crippen molar-refractivity contribution in [2.24, 2.45) is 0 Å². The molecule has 5 nitrogen and oxygen atoms in total. The topological polar surface area (TPSA) is 64.0 Å². The normalized spacial score (nSPS) is 11.1. The molecule has 152 valence electrons. The van der Waals surface area contributed by atoms with Gasteiger partial charge in [0.1, 0.15) is 10.6 Å². The zero-order chi connectivity index (χ0) is 21.4. The van der Waals surface area contributed by atoms with Crippen LogP contribution in [0.5, 0.6) is 0 Å². The van der Waals surface area contributed by atoms with E-state index in [1.54, 1.807) is 25.1 Å². The fourth-order valence-corrected chi connectivity index (χ4v) is 4.83. The molecule has 0 bridgehead atoms. The molecule has 0 unspecified atom stereocenters. The molecule has 0 radical (unpaired) electrons. The Kier molecular flexibility index (Phi) is 5.53. The standard InChI is InChI=1S/C22H17BrFN3O2S/c1-12-7-8-17(15(23)9-12)26-20(28)19-13(2)18-21(30-19)25-11-27(22(18)29)10-14-5-3-4-6-16(14)24/h3-9,11H,10H2,1-2H3,(H,26,28). The molecule has 2 aromatic heterocycles. The molecule has 1 N–H and O–H groups in total. The van der Waals surface area contributed by atoms with Crippen molar-refractivity contribution in [1.82, 2.24) is 9.55 Å². The van der Waals surface area contributed by atoms with Crippen molar-refractivity contribution in [3.8, 4) is 0 Å². The van der Waals surface area contributed by atoms with Crippen LogP contribution in [0.3, 0.4) is 0 Å². The Morgan fingerprint density at radius 3 is 2.73 bits per heavy atom. The summed E-state index contributed by atoms with van der Waals surface area (Å²) in [5.74, 6) is -0.685. The van der Waals surface area contributed by atoms with Gasteiger partial charge in [0.05, 0.1) is 28.8 Å². The highest BCUT2D eigenvalue weighted by Crippen LogP contribution is 2.29. The molecule has 0 aliphatic heterocycles. The summed E-state index contributed by atoms with van der Waals surface area (Å²) in [6.07, 6.45) is 1.39. The predicted octanol–water partition coefficient (Wildman–Crippen LogP) is 5.28. The molecule has 0 atom stereocenters. The molecule has 0 saturated heterocycles. The van der Waals surface area contributed by atoms with E-state index in [0.29, 0.717) is 31.9 Å². The summed E-state index contributed by atoms with van der Waals surface area (Å²) >= 11 is 4.62. The third-order valence-electron chi connectivity index (χ3n) is 4.79. The summed E-state index contributed by atoms with van der Waals surface area (Å²) in [5, 5.41) is 3.26. The van der Waals surface area contributed by atoms with Gasteiger partial charge < -0.3 is 5.32 Å². The van der Waals surface area contributed by atoms with Gasteiger partial charge in [0.25, 0.3) is 11.5 Å². The van der Waals surface area contributed by atoms with Gasteiger partial charge in [-0.15, -0.1) is 11.3 Å². The molecule has 0 saturated carbocycles. The largest absolute Gasteiger partial charge is 0.320 e. The van der Waals surface area contributed by atoms with Crippen LogP contribution in [0.1, 0.15) is 26.4 Å². The van der Waals surface area contributed by atoms with Crippen molar-refractivity contribution < 1.29 is 9.18 Å². The number of amides is 1. The monoisotopic (exact) mass is 485 g/mol. The molecule has 0 fully saturated rings. The average molecular weight is 486 g/mol. The van der Waals surface area contributed by atoms with Gasteiger partial charge in [0, 0.05) is 10.0 Å². The summed E-state index contributed by atoms with van der Waals surface area (Å²) in [4.78, 5) is 31.1. The highest BCUT2D eigenvalue weighted by atomic mass is 79.9. The van der Waals surface area contributed by atoms with Crippen LogP contribution in [0.2, 0.25) is 0 Å². The lowest BCUT2D eigenvalue weighted by atomic mass is 10.2. The van der Waals surface area contributed by atoms with Crippen molar-refractivity contribution in [2.75, 3.05) is 5.32 Å². The Bertz CT molecular complexity index is 1350. The lowest BCUT2D eigenvalue weighted by Crippen LogP contribution is -2.21. The van der Waals surface area contributed by atoms with Crippen LogP contribution in [-0.4, -0.2) is 15.5 Å². The number of aryl methyl sites for hydroxylation is 2. The van der Waals surface area contributed by atoms with E-state index in [-0.39, 0.29) is 23.8 Å². The maximum atomic E-state index is 14.0. The quantitative estimate of drug-likeness (QED) is 0.427. The number of carbonyl (C=O) groups is 1. The van der Waals surface area contributed by atoms with Gasteiger partial charge in [-0.25, -0.2) is 9.37 Å². The summed E-state index contributed by atoms with van der Waals surface area (Å²) in [6, 6.07) is 11.9. The van der Waals surface area contributed by atoms with Crippen LogP contribution in [0.15, 0.2) is 58.1 Å². The second-order valence-corrected chi connectivity index (χ2v) is 8.80. The summed E-state index contributed by atoms with van der Waals surface area (Å²) in [5.41, 5.74) is 2.38. The number of rotatable bonds is 4. The first-order valence-corrected chi connectivity index (χ1v) is 10.8. The SMILES string of the molecule is Cc1ccc(NC(=O)c2sc3ncn(Cc4ccccc4F)c(=O)c3c2C)c(Br)c1. The smallest absolute Gasteiger partial charge is 0.266 e. The molecule has 0 aliphatic rings. The van der Waals surface area contributed by atoms with Gasteiger partial charge in [0.2, 0.25) is 0 Å². The summed E-state index contributed by atoms with van der Waals surface area (Å²) in [6.45, 7) is 3.76. The van der Waals surface area contributed by atoms with Crippen molar-refractivity contribution in [3.63, 3.8) is 0 Å². The number of thiophene rings is 1. The lowest BCUT2D eigenvalue weighted by molar-refractivity contribution is 0.103. The molecule has 4 rings (SSSR count). The van der Waals surface area contributed by atoms with Gasteiger partial charge in [-0.1, -0.05) is 24.3 Å². The number of aromatic nitrogens is 2. The van der Waals surface area contributed by atoms with E-state index in [0.717, 1.165) is 10.0 Å². The second-order valence-electron chi connectivity index (χ2n) is 6.94. The maximum Gasteiger partial charge on any atom is 0.266 e. The number of fused-ring (bicyclic) bond motifs is 1. The lowest BCUT2D eigenvalue weighted by Gasteiger charge is -2.08. The predicted molar refractivity (Wildman–Crippen MR) is 121 cm³/mol. The molecule has 4 aromatic rings. The highest BCUT2D eigenvalue weighted by molar-refractivity contribution is 9.10. The molecule has 1 amide bonds. The zero-order valence-electron chi connectivity index (χ0n) is 16.2. The molecule has 2 aromatic carbocycles. The Labute approximate surface area is 184 Å². The van der Waals surface area contributed by atoms with Crippen molar-refractivity contribution in [3.05, 3.63) is 91.0 Å². The Morgan fingerprint density at radius 1 is 1.23 bits per heavy atom. The van der Waals surface area contributed by atoms with Crippen LogP contribution in [0, 0.1) is 19.7 Å². The Hall–Kier alpha value is -2.84. The van der Waals surface area contributed by atoms with Crippen LogP contribution in [-0.2, 0) is 6.54 Å². The molecule has 0 aliphatic carbocycles. The summed E-state index contributed by atoms with van der Waals surface area (Å²) < 4.78 is 16.1. The number of nitrogens with one attached hydrogen (secondary N) is 1. The minimum Gasteiger partial charge on any atom is -0.320 e. The second kappa shape index (κ2) is 8.12. The number of halogens is 2. The first kappa shape index (κ1) is 20.4. The molecule has 0 spiro atoms. The van der Waals surface area contributed by atoms with Crippen LogP contribution in [0.4, 0.5) is 10.1 Å². The molecule has 8 heteroatoms. The summed E-state index contributed by atoms with van der Waals surface area (Å²) in [7, 11) is 0. The van der Waals surface area contributed by atoms with Gasteiger partial charge in [-0.3, -0.25) is 14.2 Å². The minimum absolute atomic E-state index is 0.0710. The Morgan fingerprint density at radius 2 is 2.00 bits per heavy atom. The van der Waals surface area contributed by atoms with Crippen molar-refractivity contribution in [1.29, 1.82) is 0 Å². The molecule has 2 heterocycles. The first-order chi connectivity index (χ1) is 14.3. The van der Waals surface area contributed by atoms with Crippen LogP contribution >= 0.6 is 27.3 Å². The average Bonchev–Trinajstić information content (AvgIpc) is 3.05. The third-order valence-corrected chi connectivity index (χ3v) is 6.65. The highest BCUT2D eigenvalue weighted by Gasteiger charge is 2.20. The fourth-order valence-electron chi connectivity index (χ4n) is 3.20. The van der Waals surface area contributed by atoms with Gasteiger partial charge in [0.15, 0.2) is 0 Å². The van der Waals surface area contributed by atoms with Gasteiger partial charge >= 0.3 is 0 Å².